The molecule has 4 nitrogen and oxygen atoms in total. The van der Waals surface area contributed by atoms with Crippen LogP contribution >= 0.6 is 11.9 Å². The first-order chi connectivity index (χ1) is 8.84. The van der Waals surface area contributed by atoms with Gasteiger partial charge in [-0.15, -0.1) is 0 Å². The van der Waals surface area contributed by atoms with Crippen molar-refractivity contribution in [2.45, 2.75) is 47.8 Å². The molecule has 1 aromatic heterocycles. The van der Waals surface area contributed by atoms with Gasteiger partial charge < -0.3 is 4.31 Å². The summed E-state index contributed by atoms with van der Waals surface area (Å²) in [5.41, 5.74) is 2.65. The van der Waals surface area contributed by atoms with E-state index >= 15 is 0 Å². The minimum atomic E-state index is 0.796. The van der Waals surface area contributed by atoms with Gasteiger partial charge in [0.05, 0.1) is 24.2 Å². The Morgan fingerprint density at radius 1 is 1.33 bits per heavy atom. The van der Waals surface area contributed by atoms with Crippen molar-refractivity contribution in [3.8, 4) is 0 Å². The molecule has 1 saturated heterocycles. The summed E-state index contributed by atoms with van der Waals surface area (Å²) in [5, 5.41) is 7.67. The molecule has 2 aliphatic rings. The highest BCUT2D eigenvalue weighted by molar-refractivity contribution is 8.00. The molecule has 1 atom stereocenters. The summed E-state index contributed by atoms with van der Waals surface area (Å²) in [6.45, 7) is 13.3. The molecule has 3 heterocycles. The zero-order valence-electron chi connectivity index (χ0n) is 12.2. The second kappa shape index (κ2) is 7.69. The van der Waals surface area contributed by atoms with Gasteiger partial charge in [-0.05, 0) is 17.9 Å². The molecule has 0 amide bonds. The summed E-state index contributed by atoms with van der Waals surface area (Å²) in [6, 6.07) is 0. The minimum Gasteiger partial charge on any atom is -0.313 e. The van der Waals surface area contributed by atoms with Crippen LogP contribution in [0.5, 0.6) is 0 Å². The van der Waals surface area contributed by atoms with Crippen LogP contribution < -0.4 is 9.62 Å². The maximum atomic E-state index is 4.37. The Labute approximate surface area is 115 Å². The Hall–Kier alpha value is -0.680. The summed E-state index contributed by atoms with van der Waals surface area (Å²) in [5.74, 6) is 2.03. The van der Waals surface area contributed by atoms with Gasteiger partial charge >= 0.3 is 0 Å². The third-order valence-corrected chi connectivity index (χ3v) is 4.12. The average Bonchev–Trinajstić information content (AvgIpc) is 3.10. The first kappa shape index (κ1) is 15.4. The van der Waals surface area contributed by atoms with E-state index in [1.165, 1.54) is 17.1 Å². The van der Waals surface area contributed by atoms with Crippen LogP contribution in [0.3, 0.4) is 0 Å². The van der Waals surface area contributed by atoms with Gasteiger partial charge in [-0.3, -0.25) is 10.00 Å². The number of anilines is 1. The third-order valence-electron chi connectivity index (χ3n) is 2.74. The predicted molar refractivity (Wildman–Crippen MR) is 80.7 cm³/mol. The van der Waals surface area contributed by atoms with Crippen molar-refractivity contribution in [3.63, 3.8) is 0 Å². The molecular formula is C13H26N4S. The highest BCUT2D eigenvalue weighted by Crippen LogP contribution is 2.34. The van der Waals surface area contributed by atoms with Crippen LogP contribution in [0.2, 0.25) is 0 Å². The number of aromatic nitrogens is 2. The van der Waals surface area contributed by atoms with E-state index in [-0.39, 0.29) is 0 Å². The van der Waals surface area contributed by atoms with E-state index in [9.17, 15) is 0 Å². The first-order valence-electron chi connectivity index (χ1n) is 7.00. The number of hydrogen-bond donors (Lipinski definition) is 1. The SMILES string of the molecule is CC.CC.CC1CSN(c2cnn3c2CNC3)C1. The smallest absolute Gasteiger partial charge is 0.0911 e. The lowest BCUT2D eigenvalue weighted by Crippen LogP contribution is -2.13. The lowest BCUT2D eigenvalue weighted by molar-refractivity contribution is 0.600. The predicted octanol–water partition coefficient (Wildman–Crippen LogP) is 3.10. The average molecular weight is 270 g/mol. The van der Waals surface area contributed by atoms with Gasteiger partial charge in [0, 0.05) is 18.8 Å². The summed E-state index contributed by atoms with van der Waals surface area (Å²) in [6.07, 6.45) is 2.00. The monoisotopic (exact) mass is 270 g/mol. The Kier molecular flexibility index (Phi) is 6.57. The molecule has 18 heavy (non-hydrogen) atoms. The molecule has 5 heteroatoms. The number of rotatable bonds is 1. The zero-order valence-corrected chi connectivity index (χ0v) is 13.0. The van der Waals surface area contributed by atoms with Crippen LogP contribution in [0.15, 0.2) is 6.20 Å². The number of nitrogens with one attached hydrogen (secondary N) is 1. The van der Waals surface area contributed by atoms with Crippen molar-refractivity contribution in [1.29, 1.82) is 0 Å². The molecule has 0 saturated carbocycles. The summed E-state index contributed by atoms with van der Waals surface area (Å²) < 4.78 is 4.44. The van der Waals surface area contributed by atoms with Crippen LogP contribution in [0.25, 0.3) is 0 Å². The topological polar surface area (TPSA) is 33.1 Å². The molecule has 1 fully saturated rings. The van der Waals surface area contributed by atoms with E-state index in [4.69, 9.17) is 0 Å². The highest BCUT2D eigenvalue weighted by Gasteiger charge is 2.26. The van der Waals surface area contributed by atoms with Gasteiger partial charge in [-0.1, -0.05) is 34.6 Å². The van der Waals surface area contributed by atoms with Crippen molar-refractivity contribution >= 4 is 17.6 Å². The van der Waals surface area contributed by atoms with Crippen molar-refractivity contribution < 1.29 is 0 Å². The Morgan fingerprint density at radius 2 is 2.06 bits per heavy atom. The van der Waals surface area contributed by atoms with E-state index in [0.717, 1.165) is 25.7 Å². The van der Waals surface area contributed by atoms with Crippen LogP contribution in [0, 0.1) is 5.92 Å². The fraction of sp³-hybridized carbons (Fsp3) is 0.769. The standard InChI is InChI=1S/C9H14N4S.2C2H6/c1-7-4-13(14-5-7)9-3-11-12-6-10-2-8(9)12;2*1-2/h3,7,10H,2,4-6H2,1H3;2*1-2H3. The fourth-order valence-corrected chi connectivity index (χ4v) is 3.17. The van der Waals surface area contributed by atoms with E-state index in [2.05, 4.69) is 26.3 Å². The van der Waals surface area contributed by atoms with Gasteiger partial charge in [0.25, 0.3) is 0 Å². The number of hydrogen-bond acceptors (Lipinski definition) is 4. The van der Waals surface area contributed by atoms with Gasteiger partial charge in [0.1, 0.15) is 0 Å². The molecular weight excluding hydrogens is 244 g/mol. The zero-order chi connectivity index (χ0) is 13.5. The maximum absolute atomic E-state index is 4.37. The van der Waals surface area contributed by atoms with Crippen LogP contribution in [0.4, 0.5) is 5.69 Å². The fourth-order valence-electron chi connectivity index (χ4n) is 1.98. The molecule has 1 aromatic rings. The molecule has 3 rings (SSSR count). The van der Waals surface area contributed by atoms with Gasteiger partial charge in [-0.2, -0.15) is 5.10 Å². The van der Waals surface area contributed by atoms with Gasteiger partial charge in [0.15, 0.2) is 0 Å². The maximum Gasteiger partial charge on any atom is 0.0911 e. The van der Waals surface area contributed by atoms with E-state index in [0.29, 0.717) is 0 Å². The molecule has 2 aliphatic heterocycles. The molecule has 1 N–H and O–H groups in total. The summed E-state index contributed by atoms with van der Waals surface area (Å²) >= 11 is 1.93. The Morgan fingerprint density at radius 3 is 2.67 bits per heavy atom. The van der Waals surface area contributed by atoms with Crippen molar-refractivity contribution in [2.75, 3.05) is 16.6 Å². The number of nitrogens with zero attached hydrogens (tertiary/aromatic N) is 3. The Bertz CT molecular complexity index is 351. The Balaban J connectivity index is 0.000000371. The quantitative estimate of drug-likeness (QED) is 0.795. The largest absolute Gasteiger partial charge is 0.313 e. The first-order valence-corrected chi connectivity index (χ1v) is 7.94. The van der Waals surface area contributed by atoms with Gasteiger partial charge in [0.2, 0.25) is 0 Å². The van der Waals surface area contributed by atoms with Crippen molar-refractivity contribution in [2.24, 2.45) is 5.92 Å². The molecule has 0 aromatic carbocycles. The lowest BCUT2D eigenvalue weighted by Gasteiger charge is -2.15. The van der Waals surface area contributed by atoms with Gasteiger partial charge in [-0.25, -0.2) is 0 Å². The third kappa shape index (κ3) is 3.20. The van der Waals surface area contributed by atoms with Crippen LogP contribution in [-0.4, -0.2) is 22.1 Å². The molecule has 104 valence electrons. The second-order valence-corrected chi connectivity index (χ2v) is 5.06. The van der Waals surface area contributed by atoms with E-state index in [1.807, 2.05) is 45.8 Å². The highest BCUT2D eigenvalue weighted by atomic mass is 32.2. The van der Waals surface area contributed by atoms with E-state index in [1.54, 1.807) is 0 Å². The normalized spacial score (nSPS) is 20.7. The lowest BCUT2D eigenvalue weighted by atomic mass is 10.2. The minimum absolute atomic E-state index is 0.796. The molecule has 0 bridgehead atoms. The molecule has 0 radical (unpaired) electrons. The van der Waals surface area contributed by atoms with E-state index < -0.39 is 0 Å². The summed E-state index contributed by atoms with van der Waals surface area (Å²) in [4.78, 5) is 0. The van der Waals surface area contributed by atoms with Crippen molar-refractivity contribution in [3.05, 3.63) is 11.9 Å². The molecule has 1 unspecified atom stereocenters. The van der Waals surface area contributed by atoms with Crippen LogP contribution in [-0.2, 0) is 13.2 Å². The molecule has 0 aliphatic carbocycles. The number of fused-ring (bicyclic) bond motifs is 1. The molecule has 0 spiro atoms. The summed E-state index contributed by atoms with van der Waals surface area (Å²) in [7, 11) is 0. The second-order valence-electron chi connectivity index (χ2n) is 4.02. The van der Waals surface area contributed by atoms with Crippen LogP contribution in [0.1, 0.15) is 40.3 Å². The van der Waals surface area contributed by atoms with Crippen molar-refractivity contribution in [1.82, 2.24) is 15.1 Å².